The van der Waals surface area contributed by atoms with Crippen LogP contribution in [0.5, 0.6) is 5.75 Å². The third kappa shape index (κ3) is 3.35. The zero-order valence-corrected chi connectivity index (χ0v) is 14.9. The number of ether oxygens (including phenoxy) is 2. The minimum atomic E-state index is -0.117. The number of amides is 2. The Morgan fingerprint density at radius 2 is 2.21 bits per heavy atom. The van der Waals surface area contributed by atoms with Crippen LogP contribution in [0.25, 0.3) is 0 Å². The van der Waals surface area contributed by atoms with Crippen LogP contribution < -0.4 is 10.1 Å². The predicted octanol–water partition coefficient (Wildman–Crippen LogP) is 1.79. The van der Waals surface area contributed by atoms with Gasteiger partial charge < -0.3 is 19.7 Å². The number of likely N-dealkylation sites (tertiary alicyclic amines) is 1. The quantitative estimate of drug-likeness (QED) is 0.916. The molecule has 2 fully saturated rings. The van der Waals surface area contributed by atoms with Gasteiger partial charge in [-0.25, -0.2) is 4.79 Å². The highest BCUT2D eigenvalue weighted by atomic mass is 16.5. The van der Waals surface area contributed by atoms with Crippen molar-refractivity contribution in [3.8, 4) is 5.75 Å². The number of methoxy groups -OCH3 is 1. The van der Waals surface area contributed by atoms with Gasteiger partial charge >= 0.3 is 6.03 Å². The molecule has 6 nitrogen and oxygen atoms in total. The van der Waals surface area contributed by atoms with Crippen molar-refractivity contribution in [2.45, 2.75) is 32.0 Å². The second-order valence-electron chi connectivity index (χ2n) is 6.78. The maximum Gasteiger partial charge on any atom is 0.318 e. The fraction of sp³-hybridized carbons (Fsp3) is 0.611. The Labute approximate surface area is 143 Å². The van der Waals surface area contributed by atoms with Crippen LogP contribution in [0, 0.1) is 6.92 Å². The molecule has 132 valence electrons. The molecule has 0 saturated carbocycles. The number of fused-ring (bicyclic) bond motifs is 1. The Balaban J connectivity index is 1.66. The van der Waals surface area contributed by atoms with Gasteiger partial charge in [0.2, 0.25) is 0 Å². The van der Waals surface area contributed by atoms with Gasteiger partial charge in [0.05, 0.1) is 38.4 Å². The van der Waals surface area contributed by atoms with Crippen molar-refractivity contribution in [3.63, 3.8) is 0 Å². The van der Waals surface area contributed by atoms with Crippen molar-refractivity contribution in [2.24, 2.45) is 0 Å². The van der Waals surface area contributed by atoms with E-state index in [-0.39, 0.29) is 18.2 Å². The summed E-state index contributed by atoms with van der Waals surface area (Å²) in [5, 5.41) is 3.10. The minimum absolute atomic E-state index is 0.0440. The summed E-state index contributed by atoms with van der Waals surface area (Å²) in [6.07, 6.45) is 0.123. The average Bonchev–Trinajstić information content (AvgIpc) is 3.00. The molecule has 3 atom stereocenters. The molecule has 1 aromatic rings. The van der Waals surface area contributed by atoms with Gasteiger partial charge in [0.15, 0.2) is 0 Å². The highest BCUT2D eigenvalue weighted by Crippen LogP contribution is 2.27. The number of hydrogen-bond donors (Lipinski definition) is 1. The lowest BCUT2D eigenvalue weighted by atomic mass is 10.0. The number of nitrogens with one attached hydrogen (secondary N) is 1. The summed E-state index contributed by atoms with van der Waals surface area (Å²) >= 11 is 0. The monoisotopic (exact) mass is 333 g/mol. The van der Waals surface area contributed by atoms with E-state index >= 15 is 0 Å². The lowest BCUT2D eigenvalue weighted by Gasteiger charge is -2.33. The first kappa shape index (κ1) is 17.0. The molecule has 2 saturated heterocycles. The van der Waals surface area contributed by atoms with E-state index in [1.165, 1.54) is 0 Å². The Morgan fingerprint density at radius 3 is 2.92 bits per heavy atom. The normalized spacial score (nSPS) is 25.2. The Morgan fingerprint density at radius 1 is 1.42 bits per heavy atom. The van der Waals surface area contributed by atoms with Crippen LogP contribution in [0.1, 0.15) is 24.1 Å². The van der Waals surface area contributed by atoms with Gasteiger partial charge in [-0.15, -0.1) is 0 Å². The van der Waals surface area contributed by atoms with Crippen LogP contribution in [-0.2, 0) is 4.74 Å². The Bertz CT molecular complexity index is 607. The van der Waals surface area contributed by atoms with Crippen molar-refractivity contribution in [1.82, 2.24) is 15.1 Å². The zero-order valence-electron chi connectivity index (χ0n) is 14.9. The van der Waals surface area contributed by atoms with Crippen LogP contribution >= 0.6 is 0 Å². The second-order valence-corrected chi connectivity index (χ2v) is 6.78. The summed E-state index contributed by atoms with van der Waals surface area (Å²) in [6, 6.07) is 6.15. The van der Waals surface area contributed by atoms with Gasteiger partial charge in [-0.2, -0.15) is 0 Å². The molecule has 2 aliphatic heterocycles. The standard InChI is InChI=1S/C18H27N3O3/c1-12-5-6-16(23-4)14(9-12)13(2)19-18(22)21-10-15-17(11-21)24-8-7-20(15)3/h5-6,9,13,15,17H,7-8,10-11H2,1-4H3,(H,19,22)/t13-,15-,17+/m1/s1. The van der Waals surface area contributed by atoms with Crippen molar-refractivity contribution < 1.29 is 14.3 Å². The predicted molar refractivity (Wildman–Crippen MR) is 92.4 cm³/mol. The van der Waals surface area contributed by atoms with E-state index in [0.29, 0.717) is 19.1 Å². The minimum Gasteiger partial charge on any atom is -0.496 e. The summed E-state index contributed by atoms with van der Waals surface area (Å²) in [6.45, 7) is 7.05. The van der Waals surface area contributed by atoms with E-state index in [1.807, 2.05) is 30.9 Å². The number of rotatable bonds is 3. The number of nitrogens with zero attached hydrogens (tertiary/aromatic N) is 2. The highest BCUT2D eigenvalue weighted by molar-refractivity contribution is 5.75. The van der Waals surface area contributed by atoms with Gasteiger partial charge in [-0.3, -0.25) is 4.90 Å². The summed E-state index contributed by atoms with van der Waals surface area (Å²) in [4.78, 5) is 16.8. The maximum atomic E-state index is 12.7. The molecule has 0 aliphatic carbocycles. The van der Waals surface area contributed by atoms with Gasteiger partial charge in [0.25, 0.3) is 0 Å². The van der Waals surface area contributed by atoms with Crippen molar-refractivity contribution in [2.75, 3.05) is 40.4 Å². The van der Waals surface area contributed by atoms with E-state index in [2.05, 4.69) is 23.3 Å². The molecule has 0 unspecified atom stereocenters. The number of benzene rings is 1. The number of aryl methyl sites for hydroxylation is 1. The third-order valence-electron chi connectivity index (χ3n) is 5.06. The summed E-state index contributed by atoms with van der Waals surface area (Å²) < 4.78 is 11.2. The number of urea groups is 1. The molecule has 0 radical (unpaired) electrons. The number of morpholine rings is 1. The molecule has 0 spiro atoms. The molecule has 24 heavy (non-hydrogen) atoms. The first-order chi connectivity index (χ1) is 11.5. The maximum absolute atomic E-state index is 12.7. The van der Waals surface area contributed by atoms with Crippen molar-refractivity contribution in [1.29, 1.82) is 0 Å². The Kier molecular flexibility index (Phi) is 4.96. The number of hydrogen-bond acceptors (Lipinski definition) is 4. The third-order valence-corrected chi connectivity index (χ3v) is 5.06. The summed E-state index contributed by atoms with van der Waals surface area (Å²) in [5.41, 5.74) is 2.14. The van der Waals surface area contributed by atoms with Crippen molar-refractivity contribution in [3.05, 3.63) is 29.3 Å². The molecule has 2 aliphatic rings. The number of carbonyl (C=O) groups excluding carboxylic acids is 1. The molecule has 0 bridgehead atoms. The Hall–Kier alpha value is -1.79. The number of carbonyl (C=O) groups is 1. The molecule has 0 aromatic heterocycles. The van der Waals surface area contributed by atoms with E-state index in [1.54, 1.807) is 7.11 Å². The lowest BCUT2D eigenvalue weighted by molar-refractivity contribution is -0.0367. The SMILES string of the molecule is COc1ccc(C)cc1[C@@H](C)NC(=O)N1C[C@@H]2OCCN(C)[C@@H]2C1. The molecule has 3 rings (SSSR count). The zero-order chi connectivity index (χ0) is 17.3. The molecule has 2 heterocycles. The average molecular weight is 333 g/mol. The van der Waals surface area contributed by atoms with Crippen LogP contribution in [0.15, 0.2) is 18.2 Å². The van der Waals surface area contributed by atoms with E-state index in [4.69, 9.17) is 9.47 Å². The summed E-state index contributed by atoms with van der Waals surface area (Å²) in [7, 11) is 3.75. The lowest BCUT2D eigenvalue weighted by Crippen LogP contribution is -2.48. The first-order valence-corrected chi connectivity index (χ1v) is 8.51. The van der Waals surface area contributed by atoms with Crippen molar-refractivity contribution >= 4 is 6.03 Å². The van der Waals surface area contributed by atoms with Crippen LogP contribution in [0.4, 0.5) is 4.79 Å². The fourth-order valence-electron chi connectivity index (χ4n) is 3.57. The summed E-state index contributed by atoms with van der Waals surface area (Å²) in [5.74, 6) is 0.798. The number of likely N-dealkylation sites (N-methyl/N-ethyl adjacent to an activating group) is 1. The van der Waals surface area contributed by atoms with Crippen LogP contribution in [0.3, 0.4) is 0 Å². The molecule has 1 N–H and O–H groups in total. The second kappa shape index (κ2) is 6.99. The fourth-order valence-corrected chi connectivity index (χ4v) is 3.57. The molecular weight excluding hydrogens is 306 g/mol. The van der Waals surface area contributed by atoms with E-state index < -0.39 is 0 Å². The van der Waals surface area contributed by atoms with Crippen LogP contribution in [0.2, 0.25) is 0 Å². The van der Waals surface area contributed by atoms with E-state index in [9.17, 15) is 4.79 Å². The molecule has 6 heteroatoms. The van der Waals surface area contributed by atoms with Gasteiger partial charge in [0, 0.05) is 18.7 Å². The van der Waals surface area contributed by atoms with E-state index in [0.717, 1.165) is 30.0 Å². The van der Waals surface area contributed by atoms with Gasteiger partial charge in [-0.05, 0) is 27.0 Å². The molecule has 1 aromatic carbocycles. The van der Waals surface area contributed by atoms with Crippen LogP contribution in [-0.4, -0.2) is 68.4 Å². The largest absolute Gasteiger partial charge is 0.496 e. The highest BCUT2D eigenvalue weighted by Gasteiger charge is 2.40. The first-order valence-electron chi connectivity index (χ1n) is 8.51. The molecular formula is C18H27N3O3. The van der Waals surface area contributed by atoms with Gasteiger partial charge in [-0.1, -0.05) is 17.7 Å². The smallest absolute Gasteiger partial charge is 0.318 e. The molecule has 2 amide bonds. The van der Waals surface area contributed by atoms with Gasteiger partial charge in [0.1, 0.15) is 5.75 Å². The topological polar surface area (TPSA) is 54.0 Å².